The van der Waals surface area contributed by atoms with Gasteiger partial charge in [-0.1, -0.05) is 54.6 Å². The number of ether oxygens (including phenoxy) is 1. The number of carbonyl (C=O) groups is 1. The number of aromatic nitrogens is 1. The van der Waals surface area contributed by atoms with Gasteiger partial charge in [0.1, 0.15) is 5.69 Å². The largest absolute Gasteiger partial charge is 0.466 e. The maximum Gasteiger partial charge on any atom is 0.264 e. The Bertz CT molecular complexity index is 1150. The van der Waals surface area contributed by atoms with Crippen molar-refractivity contribution in [1.82, 2.24) is 4.98 Å². The van der Waals surface area contributed by atoms with E-state index in [0.29, 0.717) is 24.4 Å². The summed E-state index contributed by atoms with van der Waals surface area (Å²) in [4.78, 5) is 18.5. The molecule has 0 radical (unpaired) electrons. The van der Waals surface area contributed by atoms with Crippen LogP contribution in [0, 0.1) is 0 Å². The van der Waals surface area contributed by atoms with Crippen molar-refractivity contribution in [3.8, 4) is 28.3 Å². The number of aliphatic hydroxyl groups is 1. The van der Waals surface area contributed by atoms with Gasteiger partial charge >= 0.3 is 0 Å². The van der Waals surface area contributed by atoms with Crippen LogP contribution in [0.4, 0.5) is 5.69 Å². The fourth-order valence-electron chi connectivity index (χ4n) is 4.72. The van der Waals surface area contributed by atoms with Gasteiger partial charge in [0.2, 0.25) is 5.88 Å². The first-order valence-electron chi connectivity index (χ1n) is 10.4. The average molecular weight is 415 g/mol. The third-order valence-corrected chi connectivity index (χ3v) is 6.25. The van der Waals surface area contributed by atoms with E-state index >= 15 is 0 Å². The lowest BCUT2D eigenvalue weighted by Crippen LogP contribution is -2.58. The number of pyridine rings is 1. The molecule has 1 aromatic heterocycles. The predicted molar refractivity (Wildman–Crippen MR) is 120 cm³/mol. The first kappa shape index (κ1) is 19.7. The van der Waals surface area contributed by atoms with Crippen molar-refractivity contribution in [3.63, 3.8) is 0 Å². The normalized spacial score (nSPS) is 24.9. The first-order chi connectivity index (χ1) is 14.8. The van der Waals surface area contributed by atoms with E-state index < -0.39 is 11.1 Å². The molecule has 6 heteroatoms. The number of anilines is 1. The molecule has 2 aromatic carbocycles. The summed E-state index contributed by atoms with van der Waals surface area (Å²) < 4.78 is 5.64. The van der Waals surface area contributed by atoms with Crippen LogP contribution in [0.25, 0.3) is 22.4 Å². The van der Waals surface area contributed by atoms with Gasteiger partial charge in [0.15, 0.2) is 6.61 Å². The predicted octanol–water partition coefficient (Wildman–Crippen LogP) is 3.47. The number of rotatable bonds is 3. The Hall–Kier alpha value is -3.22. The van der Waals surface area contributed by atoms with E-state index in [2.05, 4.69) is 0 Å². The summed E-state index contributed by atoms with van der Waals surface area (Å²) in [5.41, 5.74) is 10.6. The second kappa shape index (κ2) is 6.90. The molecule has 2 aliphatic rings. The number of carbonyl (C=O) groups excluding carboxylic acids is 1. The van der Waals surface area contributed by atoms with Crippen molar-refractivity contribution in [2.75, 3.05) is 18.6 Å². The Morgan fingerprint density at radius 3 is 2.39 bits per heavy atom. The molecule has 31 heavy (non-hydrogen) atoms. The number of nitrogens with zero attached hydrogens (tertiary/aromatic N) is 2. The third kappa shape index (κ3) is 3.38. The number of amides is 1. The SMILES string of the molecule is CN1C(=O)COc2nc(-c3ccc(C4(N)CC(C)(O)C4)cc3)c(-c3ccccc3)cc21. The standard InChI is InChI=1S/C25H25N3O3/c1-24(30)14-25(26,15-24)18-10-8-17(9-11-18)22-19(16-6-4-3-5-7-16)12-20-23(27-22)31-13-21(29)28(20)2/h3-12,30H,13-15,26H2,1-2H3. The van der Waals surface area contributed by atoms with Gasteiger partial charge in [-0.3, -0.25) is 4.79 Å². The lowest BCUT2D eigenvalue weighted by atomic mass is 9.63. The molecule has 0 saturated heterocycles. The quantitative estimate of drug-likeness (QED) is 0.684. The number of likely N-dealkylation sites (N-methyl/N-ethyl adjacent to an activating group) is 1. The second-order valence-electron chi connectivity index (χ2n) is 8.90. The van der Waals surface area contributed by atoms with Gasteiger partial charge in [0.05, 0.1) is 11.3 Å². The van der Waals surface area contributed by atoms with Crippen molar-refractivity contribution in [2.45, 2.75) is 30.9 Å². The highest BCUT2D eigenvalue weighted by Crippen LogP contribution is 2.47. The summed E-state index contributed by atoms with van der Waals surface area (Å²) in [6.45, 7) is 1.80. The molecular formula is C25H25N3O3. The molecule has 0 unspecified atom stereocenters. The zero-order valence-electron chi connectivity index (χ0n) is 17.6. The average Bonchev–Trinajstić information content (AvgIpc) is 2.75. The molecule has 6 nitrogen and oxygen atoms in total. The summed E-state index contributed by atoms with van der Waals surface area (Å²) in [6.07, 6.45) is 1.08. The Labute approximate surface area is 181 Å². The molecule has 1 saturated carbocycles. The van der Waals surface area contributed by atoms with Gasteiger partial charge in [0, 0.05) is 23.7 Å². The van der Waals surface area contributed by atoms with Crippen molar-refractivity contribution in [3.05, 3.63) is 66.2 Å². The van der Waals surface area contributed by atoms with Crippen LogP contribution in [-0.2, 0) is 10.3 Å². The number of nitrogens with two attached hydrogens (primary N) is 1. The van der Waals surface area contributed by atoms with Crippen LogP contribution in [0.2, 0.25) is 0 Å². The van der Waals surface area contributed by atoms with Gasteiger partial charge in [-0.2, -0.15) is 0 Å². The number of hydrogen-bond donors (Lipinski definition) is 2. The monoisotopic (exact) mass is 415 g/mol. The van der Waals surface area contributed by atoms with Crippen molar-refractivity contribution in [2.24, 2.45) is 5.73 Å². The molecule has 2 heterocycles. The number of fused-ring (bicyclic) bond motifs is 1. The van der Waals surface area contributed by atoms with Crippen molar-refractivity contribution in [1.29, 1.82) is 0 Å². The molecule has 0 spiro atoms. The van der Waals surface area contributed by atoms with Gasteiger partial charge in [0.25, 0.3) is 5.91 Å². The minimum absolute atomic E-state index is 0.0187. The van der Waals surface area contributed by atoms with Crippen molar-refractivity contribution < 1.29 is 14.6 Å². The molecule has 0 atom stereocenters. The summed E-state index contributed by atoms with van der Waals surface area (Å²) in [5.74, 6) is 0.348. The van der Waals surface area contributed by atoms with Crippen LogP contribution < -0.4 is 15.4 Å². The molecule has 1 fully saturated rings. The Kier molecular flexibility index (Phi) is 4.39. The Morgan fingerprint density at radius 1 is 1.06 bits per heavy atom. The maximum atomic E-state index is 12.1. The van der Waals surface area contributed by atoms with Crippen LogP contribution in [0.3, 0.4) is 0 Å². The van der Waals surface area contributed by atoms with Crippen LogP contribution in [-0.4, -0.2) is 35.3 Å². The molecule has 5 rings (SSSR count). The molecule has 1 aliphatic carbocycles. The fraction of sp³-hybridized carbons (Fsp3) is 0.280. The summed E-state index contributed by atoms with van der Waals surface area (Å²) >= 11 is 0. The number of hydrogen-bond acceptors (Lipinski definition) is 5. The minimum Gasteiger partial charge on any atom is -0.466 e. The highest BCUT2D eigenvalue weighted by molar-refractivity contribution is 5.98. The zero-order valence-corrected chi connectivity index (χ0v) is 17.6. The topological polar surface area (TPSA) is 88.7 Å². The molecule has 158 valence electrons. The molecule has 1 aliphatic heterocycles. The Morgan fingerprint density at radius 2 is 1.74 bits per heavy atom. The van der Waals surface area contributed by atoms with Gasteiger partial charge in [-0.15, -0.1) is 0 Å². The zero-order chi connectivity index (χ0) is 21.8. The van der Waals surface area contributed by atoms with Gasteiger partial charge in [-0.05, 0) is 37.0 Å². The van der Waals surface area contributed by atoms with Crippen LogP contribution in [0.15, 0.2) is 60.7 Å². The van der Waals surface area contributed by atoms with Crippen LogP contribution in [0.1, 0.15) is 25.3 Å². The van der Waals surface area contributed by atoms with Crippen LogP contribution in [0.5, 0.6) is 5.88 Å². The smallest absolute Gasteiger partial charge is 0.264 e. The first-order valence-corrected chi connectivity index (χ1v) is 10.4. The van der Waals surface area contributed by atoms with E-state index in [1.165, 1.54) is 0 Å². The van der Waals surface area contributed by atoms with E-state index in [-0.39, 0.29) is 12.5 Å². The number of benzene rings is 2. The molecule has 3 aromatic rings. The Balaban J connectivity index is 1.59. The molecule has 0 bridgehead atoms. The summed E-state index contributed by atoms with van der Waals surface area (Å²) in [5, 5.41) is 10.1. The van der Waals surface area contributed by atoms with Crippen LogP contribution >= 0.6 is 0 Å². The minimum atomic E-state index is -0.700. The third-order valence-electron chi connectivity index (χ3n) is 6.25. The highest BCUT2D eigenvalue weighted by Gasteiger charge is 2.49. The van der Waals surface area contributed by atoms with Gasteiger partial charge < -0.3 is 20.5 Å². The summed E-state index contributed by atoms with van der Waals surface area (Å²) in [7, 11) is 1.74. The molecule has 1 amide bonds. The second-order valence-corrected chi connectivity index (χ2v) is 8.90. The van der Waals surface area contributed by atoms with E-state index in [0.717, 1.165) is 27.9 Å². The van der Waals surface area contributed by atoms with E-state index in [4.69, 9.17) is 15.5 Å². The van der Waals surface area contributed by atoms with Crippen molar-refractivity contribution >= 4 is 11.6 Å². The lowest BCUT2D eigenvalue weighted by molar-refractivity contribution is -0.121. The molecular weight excluding hydrogens is 390 g/mol. The highest BCUT2D eigenvalue weighted by atomic mass is 16.5. The maximum absolute atomic E-state index is 12.1. The summed E-state index contributed by atoms with van der Waals surface area (Å²) in [6, 6.07) is 20.0. The van der Waals surface area contributed by atoms with E-state index in [1.807, 2.05) is 67.6 Å². The fourth-order valence-corrected chi connectivity index (χ4v) is 4.72. The lowest BCUT2D eigenvalue weighted by Gasteiger charge is -2.49. The van der Waals surface area contributed by atoms with Gasteiger partial charge in [-0.25, -0.2) is 4.98 Å². The van der Waals surface area contributed by atoms with E-state index in [9.17, 15) is 9.90 Å². The molecule has 3 N–H and O–H groups in total. The van der Waals surface area contributed by atoms with E-state index in [1.54, 1.807) is 11.9 Å².